The SMILES string of the molecule is O=C(Cl)Cc1cc(Cl)cc(Cl)c1. The van der Waals surface area contributed by atoms with Gasteiger partial charge in [-0.1, -0.05) is 23.2 Å². The minimum atomic E-state index is -0.423. The molecule has 1 aromatic rings. The van der Waals surface area contributed by atoms with Gasteiger partial charge in [0.15, 0.2) is 0 Å². The van der Waals surface area contributed by atoms with Gasteiger partial charge in [0, 0.05) is 16.5 Å². The molecule has 12 heavy (non-hydrogen) atoms. The van der Waals surface area contributed by atoms with Crippen molar-refractivity contribution in [3.8, 4) is 0 Å². The van der Waals surface area contributed by atoms with Crippen molar-refractivity contribution in [1.29, 1.82) is 0 Å². The Kier molecular flexibility index (Phi) is 3.39. The normalized spacial score (nSPS) is 9.92. The van der Waals surface area contributed by atoms with Crippen molar-refractivity contribution in [2.24, 2.45) is 0 Å². The molecular formula is C8H5Cl3O. The number of carbonyl (C=O) groups is 1. The molecule has 0 aliphatic carbocycles. The molecule has 0 saturated carbocycles. The van der Waals surface area contributed by atoms with Crippen molar-refractivity contribution in [3.63, 3.8) is 0 Å². The van der Waals surface area contributed by atoms with Crippen molar-refractivity contribution in [2.45, 2.75) is 6.42 Å². The molecule has 0 aromatic heterocycles. The van der Waals surface area contributed by atoms with Gasteiger partial charge in [0.1, 0.15) is 0 Å². The summed E-state index contributed by atoms with van der Waals surface area (Å²) >= 11 is 16.6. The minimum Gasteiger partial charge on any atom is -0.281 e. The number of hydrogen-bond acceptors (Lipinski definition) is 1. The van der Waals surface area contributed by atoms with Crippen LogP contribution in [0.25, 0.3) is 0 Å². The van der Waals surface area contributed by atoms with Gasteiger partial charge >= 0.3 is 0 Å². The highest BCUT2D eigenvalue weighted by Crippen LogP contribution is 2.19. The van der Waals surface area contributed by atoms with Gasteiger partial charge in [0.2, 0.25) is 5.24 Å². The topological polar surface area (TPSA) is 17.1 Å². The fraction of sp³-hybridized carbons (Fsp3) is 0.125. The first-order valence-corrected chi connectivity index (χ1v) is 4.34. The minimum absolute atomic E-state index is 0.155. The van der Waals surface area contributed by atoms with Crippen LogP contribution in [0.3, 0.4) is 0 Å². The average Bonchev–Trinajstić information content (AvgIpc) is 1.81. The Labute approximate surface area is 85.2 Å². The molecular weight excluding hydrogens is 218 g/mol. The molecule has 0 fully saturated rings. The summed E-state index contributed by atoms with van der Waals surface area (Å²) in [5, 5.41) is 0.596. The summed E-state index contributed by atoms with van der Waals surface area (Å²) in [6.45, 7) is 0. The molecule has 1 nitrogen and oxygen atoms in total. The molecule has 1 rings (SSSR count). The molecule has 0 amide bonds. The highest BCUT2D eigenvalue weighted by Gasteiger charge is 2.01. The summed E-state index contributed by atoms with van der Waals surface area (Å²) in [7, 11) is 0. The molecule has 0 unspecified atom stereocenters. The van der Waals surface area contributed by atoms with Crippen molar-refractivity contribution in [1.82, 2.24) is 0 Å². The van der Waals surface area contributed by atoms with Crippen LogP contribution in [-0.2, 0) is 11.2 Å². The maximum Gasteiger partial charge on any atom is 0.226 e. The zero-order valence-corrected chi connectivity index (χ0v) is 8.25. The summed E-state index contributed by atoms with van der Waals surface area (Å²) < 4.78 is 0. The number of carbonyl (C=O) groups excluding carboxylic acids is 1. The molecule has 0 atom stereocenters. The Bertz CT molecular complexity index is 289. The Morgan fingerprint density at radius 3 is 2.08 bits per heavy atom. The van der Waals surface area contributed by atoms with E-state index in [0.29, 0.717) is 10.0 Å². The van der Waals surface area contributed by atoms with Crippen LogP contribution in [0.4, 0.5) is 0 Å². The third kappa shape index (κ3) is 3.02. The second kappa shape index (κ2) is 4.13. The van der Waals surface area contributed by atoms with Gasteiger partial charge in [0.25, 0.3) is 0 Å². The molecule has 1 aromatic carbocycles. The summed E-state index contributed by atoms with van der Waals surface area (Å²) in [6.07, 6.45) is 0.155. The Balaban J connectivity index is 2.93. The first kappa shape index (κ1) is 9.85. The van der Waals surface area contributed by atoms with Gasteiger partial charge in [-0.2, -0.15) is 0 Å². The van der Waals surface area contributed by atoms with Crippen LogP contribution < -0.4 is 0 Å². The van der Waals surface area contributed by atoms with Crippen LogP contribution in [0.15, 0.2) is 18.2 Å². The maximum absolute atomic E-state index is 10.5. The third-order valence-corrected chi connectivity index (χ3v) is 1.84. The highest BCUT2D eigenvalue weighted by atomic mass is 35.5. The van der Waals surface area contributed by atoms with Crippen LogP contribution in [0.1, 0.15) is 5.56 Å². The van der Waals surface area contributed by atoms with Crippen molar-refractivity contribution in [2.75, 3.05) is 0 Å². The van der Waals surface area contributed by atoms with Gasteiger partial charge in [-0.15, -0.1) is 0 Å². The Morgan fingerprint density at radius 1 is 1.17 bits per heavy atom. The molecule has 0 heterocycles. The van der Waals surface area contributed by atoms with Crippen LogP contribution in [0.5, 0.6) is 0 Å². The fourth-order valence-corrected chi connectivity index (χ4v) is 1.60. The molecule has 64 valence electrons. The molecule has 4 heteroatoms. The smallest absolute Gasteiger partial charge is 0.226 e. The lowest BCUT2D eigenvalue weighted by Gasteiger charge is -1.98. The summed E-state index contributed by atoms with van der Waals surface area (Å²) in [5.74, 6) is 0. The largest absolute Gasteiger partial charge is 0.281 e. The van der Waals surface area contributed by atoms with Crippen LogP contribution in [-0.4, -0.2) is 5.24 Å². The standard InChI is InChI=1S/C8H5Cl3O/c9-6-1-5(3-8(11)12)2-7(10)4-6/h1-2,4H,3H2. The lowest BCUT2D eigenvalue weighted by molar-refractivity contribution is -0.111. The molecule has 0 aliphatic rings. The quantitative estimate of drug-likeness (QED) is 0.703. The monoisotopic (exact) mass is 222 g/mol. The maximum atomic E-state index is 10.5. The Hall–Kier alpha value is -0.240. The van der Waals surface area contributed by atoms with E-state index in [2.05, 4.69) is 0 Å². The van der Waals surface area contributed by atoms with Crippen LogP contribution in [0.2, 0.25) is 10.0 Å². The molecule has 0 aliphatic heterocycles. The van der Waals surface area contributed by atoms with Gasteiger partial charge in [-0.3, -0.25) is 4.79 Å². The van der Waals surface area contributed by atoms with Gasteiger partial charge < -0.3 is 0 Å². The first-order chi connectivity index (χ1) is 5.58. The third-order valence-electron chi connectivity index (χ3n) is 1.27. The molecule has 0 radical (unpaired) electrons. The second-order valence-corrected chi connectivity index (χ2v) is 3.60. The van der Waals surface area contributed by atoms with Gasteiger partial charge in [0.05, 0.1) is 0 Å². The zero-order chi connectivity index (χ0) is 9.14. The predicted octanol–water partition coefficient (Wildman–Crippen LogP) is 3.30. The number of benzene rings is 1. The molecule has 0 spiro atoms. The number of halogens is 3. The lowest BCUT2D eigenvalue weighted by Crippen LogP contribution is -1.92. The van der Waals surface area contributed by atoms with Crippen molar-refractivity contribution in [3.05, 3.63) is 33.8 Å². The van der Waals surface area contributed by atoms with Crippen molar-refractivity contribution < 1.29 is 4.79 Å². The fourth-order valence-electron chi connectivity index (χ4n) is 0.873. The van der Waals surface area contributed by atoms with E-state index < -0.39 is 5.24 Å². The predicted molar refractivity (Wildman–Crippen MR) is 51.0 cm³/mol. The van der Waals surface area contributed by atoms with Crippen LogP contribution in [0, 0.1) is 0 Å². The van der Waals surface area contributed by atoms with Crippen molar-refractivity contribution >= 4 is 40.0 Å². The molecule has 0 N–H and O–H groups in total. The van der Waals surface area contributed by atoms with E-state index in [4.69, 9.17) is 34.8 Å². The van der Waals surface area contributed by atoms with E-state index in [9.17, 15) is 4.79 Å². The first-order valence-electron chi connectivity index (χ1n) is 3.21. The van der Waals surface area contributed by atoms with E-state index in [-0.39, 0.29) is 6.42 Å². The van der Waals surface area contributed by atoms with Gasteiger partial charge in [-0.05, 0) is 35.4 Å². The highest BCUT2D eigenvalue weighted by molar-refractivity contribution is 6.63. The zero-order valence-electron chi connectivity index (χ0n) is 5.98. The molecule has 0 bridgehead atoms. The van der Waals surface area contributed by atoms with Crippen LogP contribution >= 0.6 is 34.8 Å². The van der Waals surface area contributed by atoms with Gasteiger partial charge in [-0.25, -0.2) is 0 Å². The summed E-state index contributed by atoms with van der Waals surface area (Å²) in [6, 6.07) is 4.92. The second-order valence-electron chi connectivity index (χ2n) is 2.31. The number of rotatable bonds is 2. The van der Waals surface area contributed by atoms with E-state index in [0.717, 1.165) is 5.56 Å². The number of hydrogen-bond donors (Lipinski definition) is 0. The molecule has 0 saturated heterocycles. The van der Waals surface area contributed by atoms with E-state index in [1.54, 1.807) is 18.2 Å². The van der Waals surface area contributed by atoms with E-state index >= 15 is 0 Å². The Morgan fingerprint density at radius 2 is 1.67 bits per heavy atom. The van der Waals surface area contributed by atoms with E-state index in [1.807, 2.05) is 0 Å². The summed E-state index contributed by atoms with van der Waals surface area (Å²) in [5.41, 5.74) is 0.729. The lowest BCUT2D eigenvalue weighted by atomic mass is 10.2. The average molecular weight is 223 g/mol. The van der Waals surface area contributed by atoms with E-state index in [1.165, 1.54) is 0 Å². The summed E-state index contributed by atoms with van der Waals surface area (Å²) in [4.78, 5) is 10.5.